The zero-order valence-corrected chi connectivity index (χ0v) is 18.1. The van der Waals surface area contributed by atoms with Crippen molar-refractivity contribution < 1.29 is 23.8 Å². The van der Waals surface area contributed by atoms with E-state index < -0.39 is 5.82 Å². The van der Waals surface area contributed by atoms with Crippen molar-refractivity contribution >= 4 is 11.6 Å². The summed E-state index contributed by atoms with van der Waals surface area (Å²) in [6.45, 7) is 2.28. The summed E-state index contributed by atoms with van der Waals surface area (Å²) in [4.78, 5) is 14.4. The smallest absolute Gasteiger partial charge is 0.197 e. The van der Waals surface area contributed by atoms with E-state index in [1.54, 1.807) is 18.2 Å². The fraction of sp³-hybridized carbons (Fsp3) is 0.375. The molecule has 0 saturated carbocycles. The number of hydrogen-bond acceptors (Lipinski definition) is 5. The minimum Gasteiger partial charge on any atom is -0.508 e. The van der Waals surface area contributed by atoms with Crippen LogP contribution in [0.2, 0.25) is 0 Å². The van der Waals surface area contributed by atoms with Crippen LogP contribution in [0.5, 0.6) is 17.2 Å². The summed E-state index contributed by atoms with van der Waals surface area (Å²) in [5.41, 5.74) is 1.85. The highest BCUT2D eigenvalue weighted by Crippen LogP contribution is 2.38. The SMILES string of the molecule is CCCC[CH]Cc1cc(C(=O)CN2Cc3cc(OC)c(OC)c(F)c3C2=N)ccc1O. The summed E-state index contributed by atoms with van der Waals surface area (Å²) in [6, 6.07) is 6.43. The molecule has 0 aromatic heterocycles. The summed E-state index contributed by atoms with van der Waals surface area (Å²) >= 11 is 0. The second kappa shape index (κ2) is 9.81. The van der Waals surface area contributed by atoms with Crippen LogP contribution in [0, 0.1) is 17.6 Å². The van der Waals surface area contributed by atoms with E-state index in [0.29, 0.717) is 23.1 Å². The summed E-state index contributed by atoms with van der Waals surface area (Å²) in [5.74, 6) is -0.567. The second-order valence-corrected chi connectivity index (χ2v) is 7.57. The summed E-state index contributed by atoms with van der Waals surface area (Å²) in [6.07, 6.45) is 5.83. The molecule has 1 aliphatic heterocycles. The number of rotatable bonds is 10. The molecule has 0 fully saturated rings. The van der Waals surface area contributed by atoms with Crippen molar-refractivity contribution in [1.29, 1.82) is 5.41 Å². The quantitative estimate of drug-likeness (QED) is 0.431. The topological polar surface area (TPSA) is 82.9 Å². The Morgan fingerprint density at radius 3 is 2.74 bits per heavy atom. The Morgan fingerprint density at radius 2 is 2.06 bits per heavy atom. The lowest BCUT2D eigenvalue weighted by atomic mass is 10.0. The Kier molecular flexibility index (Phi) is 7.15. The van der Waals surface area contributed by atoms with Gasteiger partial charge in [-0.25, -0.2) is 4.39 Å². The first kappa shape index (κ1) is 22.6. The summed E-state index contributed by atoms with van der Waals surface area (Å²) < 4.78 is 25.2. The molecule has 0 aliphatic carbocycles. The molecule has 0 amide bonds. The van der Waals surface area contributed by atoms with Crippen LogP contribution >= 0.6 is 0 Å². The van der Waals surface area contributed by atoms with E-state index in [2.05, 4.69) is 13.3 Å². The number of halogens is 1. The van der Waals surface area contributed by atoms with Crippen LogP contribution in [-0.4, -0.2) is 42.4 Å². The van der Waals surface area contributed by atoms with E-state index in [4.69, 9.17) is 14.9 Å². The first-order valence-corrected chi connectivity index (χ1v) is 10.3. The van der Waals surface area contributed by atoms with Crippen molar-refractivity contribution in [3.8, 4) is 17.2 Å². The number of unbranched alkanes of at least 4 members (excludes halogenated alkanes) is 3. The lowest BCUT2D eigenvalue weighted by Crippen LogP contribution is -2.30. The molecule has 1 heterocycles. The van der Waals surface area contributed by atoms with Gasteiger partial charge in [0.25, 0.3) is 0 Å². The molecule has 0 bridgehead atoms. The van der Waals surface area contributed by atoms with Crippen LogP contribution in [0.1, 0.15) is 53.2 Å². The van der Waals surface area contributed by atoms with Crippen molar-refractivity contribution in [2.45, 2.75) is 39.2 Å². The number of amidine groups is 1. The zero-order valence-electron chi connectivity index (χ0n) is 18.1. The Morgan fingerprint density at radius 1 is 1.29 bits per heavy atom. The third-order valence-electron chi connectivity index (χ3n) is 5.47. The number of carbonyl (C=O) groups is 1. The van der Waals surface area contributed by atoms with E-state index in [1.165, 1.54) is 25.2 Å². The molecule has 7 heteroatoms. The summed E-state index contributed by atoms with van der Waals surface area (Å²) in [7, 11) is 2.77. The van der Waals surface area contributed by atoms with Crippen molar-refractivity contribution in [2.24, 2.45) is 0 Å². The number of phenols is 1. The van der Waals surface area contributed by atoms with E-state index in [1.807, 2.05) is 0 Å². The average molecular weight is 427 g/mol. The number of methoxy groups -OCH3 is 2. The minimum absolute atomic E-state index is 0.0540. The summed E-state index contributed by atoms with van der Waals surface area (Å²) in [5, 5.41) is 18.5. The van der Waals surface area contributed by atoms with E-state index >= 15 is 0 Å². The average Bonchev–Trinajstić information content (AvgIpc) is 3.07. The van der Waals surface area contributed by atoms with Crippen molar-refractivity contribution in [1.82, 2.24) is 4.90 Å². The van der Waals surface area contributed by atoms with Gasteiger partial charge in [-0.2, -0.15) is 0 Å². The van der Waals surface area contributed by atoms with Gasteiger partial charge >= 0.3 is 0 Å². The molecule has 6 nitrogen and oxygen atoms in total. The molecule has 165 valence electrons. The Labute approximate surface area is 182 Å². The van der Waals surface area contributed by atoms with E-state index in [-0.39, 0.29) is 47.5 Å². The Bertz CT molecular complexity index is 990. The molecule has 0 spiro atoms. The number of benzene rings is 2. The van der Waals surface area contributed by atoms with Gasteiger partial charge in [-0.15, -0.1) is 0 Å². The van der Waals surface area contributed by atoms with Gasteiger partial charge in [0.1, 0.15) is 11.6 Å². The molecule has 1 radical (unpaired) electrons. The number of ketones is 1. The molecule has 2 aromatic rings. The van der Waals surface area contributed by atoms with Crippen LogP contribution in [0.25, 0.3) is 0 Å². The zero-order chi connectivity index (χ0) is 22.5. The van der Waals surface area contributed by atoms with Gasteiger partial charge in [-0.05, 0) is 54.7 Å². The number of nitrogens with one attached hydrogen (secondary N) is 1. The first-order valence-electron chi connectivity index (χ1n) is 10.3. The van der Waals surface area contributed by atoms with Gasteiger partial charge in [0, 0.05) is 12.1 Å². The molecule has 2 aromatic carbocycles. The van der Waals surface area contributed by atoms with Crippen molar-refractivity contribution in [3.63, 3.8) is 0 Å². The van der Waals surface area contributed by atoms with Gasteiger partial charge in [-0.3, -0.25) is 10.2 Å². The molecule has 3 rings (SSSR count). The number of ether oxygens (including phenoxy) is 2. The number of nitrogens with zero attached hydrogens (tertiary/aromatic N) is 1. The maximum Gasteiger partial charge on any atom is 0.197 e. The first-order chi connectivity index (χ1) is 14.9. The largest absolute Gasteiger partial charge is 0.508 e. The van der Waals surface area contributed by atoms with Crippen LogP contribution in [-0.2, 0) is 13.0 Å². The maximum absolute atomic E-state index is 14.9. The van der Waals surface area contributed by atoms with Crippen LogP contribution in [0.15, 0.2) is 24.3 Å². The number of aromatic hydroxyl groups is 1. The second-order valence-electron chi connectivity index (χ2n) is 7.57. The lowest BCUT2D eigenvalue weighted by Gasteiger charge is -2.17. The number of phenolic OH excluding ortho intramolecular Hbond substituents is 1. The normalized spacial score (nSPS) is 12.8. The molecule has 2 N–H and O–H groups in total. The Hall–Kier alpha value is -3.09. The van der Waals surface area contributed by atoms with Crippen molar-refractivity contribution in [3.05, 3.63) is 58.8 Å². The highest BCUT2D eigenvalue weighted by molar-refractivity contribution is 6.05. The van der Waals surface area contributed by atoms with E-state index in [9.17, 15) is 14.3 Å². The maximum atomic E-state index is 14.9. The fourth-order valence-corrected chi connectivity index (χ4v) is 3.75. The number of hydrogen-bond donors (Lipinski definition) is 2. The molecule has 0 unspecified atom stereocenters. The predicted octanol–water partition coefficient (Wildman–Crippen LogP) is 4.51. The van der Waals surface area contributed by atoms with Gasteiger partial charge < -0.3 is 19.5 Å². The standard InChI is InChI=1S/C24H28FN2O4/c1-4-5-6-7-8-15-11-16(9-10-18(15)28)19(29)14-27-13-17-12-20(30-2)23(31-3)22(25)21(17)24(27)26/h7,9-12,26,28H,4-6,8,13-14H2,1-3H3. The third-order valence-corrected chi connectivity index (χ3v) is 5.47. The molecule has 1 aliphatic rings. The number of Topliss-reactive ketones (excluding diaryl/α,β-unsaturated/α-hetero) is 1. The highest BCUT2D eigenvalue weighted by atomic mass is 19.1. The molecular weight excluding hydrogens is 399 g/mol. The predicted molar refractivity (Wildman–Crippen MR) is 117 cm³/mol. The number of fused-ring (bicyclic) bond motifs is 1. The van der Waals surface area contributed by atoms with Gasteiger partial charge in [-0.1, -0.05) is 19.8 Å². The molecule has 0 saturated heterocycles. The lowest BCUT2D eigenvalue weighted by molar-refractivity contribution is 0.0962. The Balaban J connectivity index is 1.75. The van der Waals surface area contributed by atoms with Crippen molar-refractivity contribution in [2.75, 3.05) is 20.8 Å². The van der Waals surface area contributed by atoms with Crippen LogP contribution in [0.3, 0.4) is 0 Å². The molecule has 31 heavy (non-hydrogen) atoms. The highest BCUT2D eigenvalue weighted by Gasteiger charge is 2.32. The van der Waals surface area contributed by atoms with Gasteiger partial charge in [0.15, 0.2) is 23.1 Å². The van der Waals surface area contributed by atoms with E-state index in [0.717, 1.165) is 19.3 Å². The van der Waals surface area contributed by atoms with Crippen LogP contribution < -0.4 is 9.47 Å². The minimum atomic E-state index is -0.661. The monoisotopic (exact) mass is 427 g/mol. The molecule has 0 atom stereocenters. The number of carbonyl (C=O) groups excluding carboxylic acids is 1. The van der Waals surface area contributed by atoms with Gasteiger partial charge in [0.2, 0.25) is 0 Å². The fourth-order valence-electron chi connectivity index (χ4n) is 3.75. The molecular formula is C24H28FN2O4. The third kappa shape index (κ3) is 4.65. The van der Waals surface area contributed by atoms with Gasteiger partial charge in [0.05, 0.1) is 26.3 Å². The van der Waals surface area contributed by atoms with Crippen LogP contribution in [0.4, 0.5) is 4.39 Å².